The lowest BCUT2D eigenvalue weighted by Gasteiger charge is -2.18. The monoisotopic (exact) mass is 463 g/mol. The molecule has 0 bridgehead atoms. The van der Waals surface area contributed by atoms with Gasteiger partial charge in [0.25, 0.3) is 0 Å². The molecule has 1 aromatic rings. The zero-order valence-corrected chi connectivity index (χ0v) is 16.8. The Morgan fingerprint density at radius 3 is 1.55 bits per heavy atom. The highest BCUT2D eigenvalue weighted by Crippen LogP contribution is 2.35. The van der Waals surface area contributed by atoms with Crippen LogP contribution in [0, 0.1) is 0 Å². The summed E-state index contributed by atoms with van der Waals surface area (Å²) in [5, 5.41) is 18.3. The van der Waals surface area contributed by atoms with Gasteiger partial charge in [0, 0.05) is 0 Å². The van der Waals surface area contributed by atoms with Crippen molar-refractivity contribution in [1.29, 1.82) is 0 Å². The maximum atomic E-state index is 10.8. The van der Waals surface area contributed by atoms with E-state index in [1.165, 1.54) is 6.07 Å². The fourth-order valence-electron chi connectivity index (χ4n) is 1.64. The lowest BCUT2D eigenvalue weighted by atomic mass is 10.4. The van der Waals surface area contributed by atoms with Crippen molar-refractivity contribution < 1.29 is 57.9 Å². The third-order valence-corrected chi connectivity index (χ3v) is 3.87. The van der Waals surface area contributed by atoms with E-state index in [-0.39, 0.29) is 30.9 Å². The van der Waals surface area contributed by atoms with Crippen LogP contribution in [0.15, 0.2) is 6.07 Å². The molecule has 1 heterocycles. The molecule has 0 saturated carbocycles. The number of nitrogens with two attached hydrogens (primary N) is 1. The standard InChI is InChI=1S/C12H23N3O12P2/c13-12-14-10(24-4-8(2-16)26-6-28(18,19)20)1-11(15-12)25-5-9(3-17)27-7-29(21,22)23/h1,8-9,16-17H,2-7H2,(H2,13,14,15)(H2,18,19,20)(H2,21,22,23)/t8-,9-/m0/s1. The molecule has 0 aliphatic rings. The van der Waals surface area contributed by atoms with E-state index >= 15 is 0 Å². The molecule has 0 aliphatic carbocycles. The van der Waals surface area contributed by atoms with Crippen molar-refractivity contribution in [1.82, 2.24) is 9.97 Å². The topological polar surface area (TPSA) is 244 Å². The van der Waals surface area contributed by atoms with Gasteiger partial charge in [-0.25, -0.2) is 0 Å². The predicted molar refractivity (Wildman–Crippen MR) is 95.2 cm³/mol. The molecule has 2 atom stereocenters. The van der Waals surface area contributed by atoms with Gasteiger partial charge in [0.1, 0.15) is 38.1 Å². The summed E-state index contributed by atoms with van der Waals surface area (Å²) >= 11 is 0. The van der Waals surface area contributed by atoms with Gasteiger partial charge in [-0.15, -0.1) is 0 Å². The average Bonchev–Trinajstić information content (AvgIpc) is 2.60. The maximum Gasteiger partial charge on any atom is 0.350 e. The Hall–Kier alpha value is -1.38. The van der Waals surface area contributed by atoms with E-state index < -0.39 is 53.3 Å². The van der Waals surface area contributed by atoms with Crippen LogP contribution < -0.4 is 15.2 Å². The second-order valence-electron chi connectivity index (χ2n) is 5.55. The van der Waals surface area contributed by atoms with Crippen molar-refractivity contribution in [2.24, 2.45) is 0 Å². The molecule has 17 heteroatoms. The third kappa shape index (κ3) is 12.0. The van der Waals surface area contributed by atoms with Crippen molar-refractivity contribution in [2.45, 2.75) is 12.2 Å². The molecule has 0 fully saturated rings. The average molecular weight is 463 g/mol. The molecule has 0 spiro atoms. The summed E-state index contributed by atoms with van der Waals surface area (Å²) in [6.45, 7) is -1.81. The minimum absolute atomic E-state index is 0.109. The zero-order valence-electron chi connectivity index (χ0n) is 15.0. The highest BCUT2D eigenvalue weighted by molar-refractivity contribution is 7.51. The normalized spacial score (nSPS) is 14.4. The maximum absolute atomic E-state index is 10.8. The van der Waals surface area contributed by atoms with E-state index in [1.807, 2.05) is 0 Å². The fourth-order valence-corrected chi connectivity index (χ4v) is 2.45. The van der Waals surface area contributed by atoms with Gasteiger partial charge in [0.05, 0.1) is 19.3 Å². The van der Waals surface area contributed by atoms with Crippen molar-refractivity contribution >= 4 is 21.1 Å². The summed E-state index contributed by atoms with van der Waals surface area (Å²) < 4.78 is 41.7. The minimum Gasteiger partial charge on any atom is -0.475 e. The highest BCUT2D eigenvalue weighted by Gasteiger charge is 2.20. The van der Waals surface area contributed by atoms with Gasteiger partial charge in [-0.1, -0.05) is 0 Å². The van der Waals surface area contributed by atoms with Crippen LogP contribution >= 0.6 is 15.2 Å². The van der Waals surface area contributed by atoms with E-state index in [0.29, 0.717) is 0 Å². The van der Waals surface area contributed by atoms with E-state index in [9.17, 15) is 9.13 Å². The second kappa shape index (κ2) is 11.7. The number of aromatic nitrogens is 2. The number of ether oxygens (including phenoxy) is 4. The van der Waals surface area contributed by atoms with Crippen LogP contribution in [0.3, 0.4) is 0 Å². The first-order valence-corrected chi connectivity index (χ1v) is 11.5. The van der Waals surface area contributed by atoms with Gasteiger partial charge < -0.3 is 54.5 Å². The van der Waals surface area contributed by atoms with E-state index in [1.54, 1.807) is 0 Å². The summed E-state index contributed by atoms with van der Waals surface area (Å²) in [5.74, 6) is -0.476. The molecule has 0 aliphatic heterocycles. The number of nitrogens with zero attached hydrogens (tertiary/aromatic N) is 2. The molecule has 1 rings (SSSR count). The van der Waals surface area contributed by atoms with Crippen molar-refractivity contribution in [3.8, 4) is 11.8 Å². The number of rotatable bonds is 14. The number of hydrogen-bond donors (Lipinski definition) is 7. The fraction of sp³-hybridized carbons (Fsp3) is 0.667. The zero-order chi connectivity index (χ0) is 22.1. The van der Waals surface area contributed by atoms with Crippen molar-refractivity contribution in [3.05, 3.63) is 6.07 Å². The van der Waals surface area contributed by atoms with Crippen LogP contribution in [0.5, 0.6) is 11.8 Å². The molecule has 29 heavy (non-hydrogen) atoms. The second-order valence-corrected chi connectivity index (χ2v) is 8.73. The van der Waals surface area contributed by atoms with Crippen molar-refractivity contribution in [3.63, 3.8) is 0 Å². The predicted octanol–water partition coefficient (Wildman–Crippen LogP) is -2.16. The first kappa shape index (κ1) is 25.7. The Balaban J connectivity index is 2.62. The summed E-state index contributed by atoms with van der Waals surface area (Å²) in [4.78, 5) is 42.6. The molecular formula is C12H23N3O12P2. The Morgan fingerprint density at radius 1 is 0.862 bits per heavy atom. The van der Waals surface area contributed by atoms with Crippen LogP contribution in [0.25, 0.3) is 0 Å². The molecule has 15 nitrogen and oxygen atoms in total. The van der Waals surface area contributed by atoms with Crippen LogP contribution in [-0.4, -0.2) is 91.1 Å². The molecule has 0 amide bonds. The van der Waals surface area contributed by atoms with E-state index in [4.69, 9.17) is 54.5 Å². The third-order valence-electron chi connectivity index (χ3n) is 2.89. The smallest absolute Gasteiger partial charge is 0.350 e. The van der Waals surface area contributed by atoms with Crippen LogP contribution in [-0.2, 0) is 18.6 Å². The Bertz CT molecular complexity index is 670. The van der Waals surface area contributed by atoms with Gasteiger partial charge in [-0.2, -0.15) is 9.97 Å². The molecule has 0 aromatic carbocycles. The van der Waals surface area contributed by atoms with Gasteiger partial charge in [0.2, 0.25) is 17.7 Å². The molecule has 1 aromatic heterocycles. The molecular weight excluding hydrogens is 440 g/mol. The Labute approximate surface area is 164 Å². The van der Waals surface area contributed by atoms with Gasteiger partial charge in [-0.3, -0.25) is 9.13 Å². The molecule has 0 saturated heterocycles. The summed E-state index contributed by atoms with van der Waals surface area (Å²) in [5.41, 5.74) is 5.52. The first-order valence-electron chi connectivity index (χ1n) is 7.86. The van der Waals surface area contributed by atoms with E-state index in [0.717, 1.165) is 0 Å². The largest absolute Gasteiger partial charge is 0.475 e. The van der Waals surface area contributed by atoms with Crippen LogP contribution in [0.1, 0.15) is 0 Å². The van der Waals surface area contributed by atoms with Crippen LogP contribution in [0.4, 0.5) is 5.95 Å². The van der Waals surface area contributed by atoms with Crippen LogP contribution in [0.2, 0.25) is 0 Å². The van der Waals surface area contributed by atoms with Gasteiger partial charge in [-0.05, 0) is 0 Å². The number of nitrogen functional groups attached to an aromatic ring is 1. The summed E-state index contributed by atoms with van der Waals surface area (Å²) in [6, 6.07) is 1.19. The first-order chi connectivity index (χ1) is 13.4. The van der Waals surface area contributed by atoms with E-state index in [2.05, 4.69) is 9.97 Å². The summed E-state index contributed by atoms with van der Waals surface area (Å²) in [7, 11) is -8.84. The molecule has 0 unspecified atom stereocenters. The quantitative estimate of drug-likeness (QED) is 0.145. The molecule has 8 N–H and O–H groups in total. The summed E-state index contributed by atoms with van der Waals surface area (Å²) in [6.07, 6.45) is -3.91. The van der Waals surface area contributed by atoms with Crippen molar-refractivity contribution in [2.75, 3.05) is 44.9 Å². The minimum atomic E-state index is -4.42. The Morgan fingerprint density at radius 2 is 1.24 bits per heavy atom. The SMILES string of the molecule is Nc1nc(OC[C@H](CO)OCP(=O)(O)O)cc(OC[C@H](CO)OCP(=O)(O)O)n1. The lowest BCUT2D eigenvalue weighted by Crippen LogP contribution is -2.27. The van der Waals surface area contributed by atoms with Gasteiger partial charge in [0.15, 0.2) is 0 Å². The molecule has 168 valence electrons. The Kier molecular flexibility index (Phi) is 10.4. The van der Waals surface area contributed by atoms with Gasteiger partial charge >= 0.3 is 15.2 Å². The number of aliphatic hydroxyl groups excluding tert-OH is 2. The number of hydrogen-bond acceptors (Lipinski definition) is 11. The number of anilines is 1. The highest BCUT2D eigenvalue weighted by atomic mass is 31.2. The lowest BCUT2D eigenvalue weighted by molar-refractivity contribution is -0.00130. The molecule has 0 radical (unpaired) electrons. The number of aliphatic hydroxyl groups is 2.